The minimum absolute atomic E-state index is 0.0221. The van der Waals surface area contributed by atoms with Gasteiger partial charge in [-0.15, -0.1) is 0 Å². The molecular weight excluding hydrogens is 657 g/mol. The molecule has 4 rings (SSSR count). The average Bonchev–Trinajstić information content (AvgIpc) is 3.41. The Labute approximate surface area is 295 Å². The number of oxime groups is 1. The quantitative estimate of drug-likeness (QED) is 0.121. The van der Waals surface area contributed by atoms with Gasteiger partial charge >= 0.3 is 6.03 Å². The molecular formula is C37H50N6O6S. The van der Waals surface area contributed by atoms with Crippen LogP contribution in [0.3, 0.4) is 0 Å². The smallest absolute Gasteiger partial charge is 0.321 e. The first kappa shape index (κ1) is 38.5. The molecule has 0 aliphatic carbocycles. The number of hydrogen-bond acceptors (Lipinski definition) is 8. The van der Waals surface area contributed by atoms with E-state index in [-0.39, 0.29) is 36.4 Å². The summed E-state index contributed by atoms with van der Waals surface area (Å²) in [7, 11) is -4.13. The van der Waals surface area contributed by atoms with Crippen molar-refractivity contribution in [2.45, 2.75) is 77.6 Å². The van der Waals surface area contributed by atoms with Crippen molar-refractivity contribution < 1.29 is 28.3 Å². The first-order valence-electron chi connectivity index (χ1n) is 16.9. The van der Waals surface area contributed by atoms with Gasteiger partial charge in [-0.1, -0.05) is 88.3 Å². The Bertz CT molecular complexity index is 1710. The maximum Gasteiger partial charge on any atom is 0.321 e. The van der Waals surface area contributed by atoms with Gasteiger partial charge in [-0.2, -0.15) is 4.31 Å². The van der Waals surface area contributed by atoms with Crippen LogP contribution in [-0.4, -0.2) is 100 Å². The van der Waals surface area contributed by atoms with Crippen molar-refractivity contribution in [2.75, 3.05) is 26.2 Å². The van der Waals surface area contributed by atoms with Gasteiger partial charge in [0.05, 0.1) is 23.3 Å². The highest BCUT2D eigenvalue weighted by Crippen LogP contribution is 2.29. The summed E-state index contributed by atoms with van der Waals surface area (Å²) in [5, 5.41) is 26.6. The number of urea groups is 1. The van der Waals surface area contributed by atoms with E-state index in [1.807, 2.05) is 84.0 Å². The average molecular weight is 707 g/mol. The van der Waals surface area contributed by atoms with E-state index in [2.05, 4.69) is 15.5 Å². The van der Waals surface area contributed by atoms with Gasteiger partial charge < -0.3 is 25.4 Å². The number of nitrogens with one attached hydrogen (secondary N) is 1. The standard InChI is InChI=1S/C37H50N6O6S/c1-26(2)24-43(50(48,49)31-16-14-29(15-17-31)22-40-47)32(20-28-10-8-7-9-11-28)33(44)23-39-35(45)34(37(4,5)6)42-19-18-41(36(42)46)25-30-13-12-27(3)38-21-30/h7-17,21-22,26,32-34,44,47H,18-20,23-25H2,1-6H3,(H,39,45)/b40-22+/t32?,33?,34-/m0/s1. The molecule has 0 saturated carbocycles. The molecule has 1 aliphatic heterocycles. The van der Waals surface area contributed by atoms with Crippen LogP contribution in [0.2, 0.25) is 0 Å². The summed E-state index contributed by atoms with van der Waals surface area (Å²) in [6, 6.07) is 17.0. The number of hydrogen-bond donors (Lipinski definition) is 3. The lowest BCUT2D eigenvalue weighted by molar-refractivity contribution is -0.129. The van der Waals surface area contributed by atoms with Crippen molar-refractivity contribution in [3.8, 4) is 0 Å². The first-order chi connectivity index (χ1) is 23.6. The van der Waals surface area contributed by atoms with Gasteiger partial charge in [-0.25, -0.2) is 13.2 Å². The number of sulfonamides is 1. The lowest BCUT2D eigenvalue weighted by Gasteiger charge is -2.38. The fourth-order valence-electron chi connectivity index (χ4n) is 6.23. The van der Waals surface area contributed by atoms with Crippen molar-refractivity contribution in [1.29, 1.82) is 0 Å². The van der Waals surface area contributed by atoms with Crippen LogP contribution in [-0.2, 0) is 27.8 Å². The Morgan fingerprint density at radius 2 is 1.72 bits per heavy atom. The lowest BCUT2D eigenvalue weighted by atomic mass is 9.85. The van der Waals surface area contributed by atoms with Gasteiger partial charge in [-0.05, 0) is 59.6 Å². The number of aliphatic hydroxyl groups is 1. The summed E-state index contributed by atoms with van der Waals surface area (Å²) >= 11 is 0. The molecule has 2 aromatic carbocycles. The Morgan fingerprint density at radius 1 is 1.04 bits per heavy atom. The van der Waals surface area contributed by atoms with Crippen LogP contribution in [0.5, 0.6) is 0 Å². The van der Waals surface area contributed by atoms with Crippen molar-refractivity contribution in [1.82, 2.24) is 24.4 Å². The summed E-state index contributed by atoms with van der Waals surface area (Å²) in [6.07, 6.45) is 1.84. The molecule has 13 heteroatoms. The molecule has 1 fully saturated rings. The number of pyridine rings is 1. The molecule has 50 heavy (non-hydrogen) atoms. The minimum atomic E-state index is -4.13. The maximum absolute atomic E-state index is 14.2. The zero-order valence-electron chi connectivity index (χ0n) is 29.7. The topological polar surface area (TPSA) is 156 Å². The molecule has 2 heterocycles. The van der Waals surface area contributed by atoms with Gasteiger partial charge in [0.1, 0.15) is 6.04 Å². The molecule has 0 radical (unpaired) electrons. The van der Waals surface area contributed by atoms with E-state index in [4.69, 9.17) is 5.21 Å². The number of aliphatic hydroxyl groups excluding tert-OH is 1. The van der Waals surface area contributed by atoms with Crippen LogP contribution >= 0.6 is 0 Å². The third kappa shape index (κ3) is 9.67. The summed E-state index contributed by atoms with van der Waals surface area (Å²) in [6.45, 7) is 12.4. The molecule has 1 aliphatic rings. The number of carbonyl (C=O) groups is 2. The zero-order valence-corrected chi connectivity index (χ0v) is 30.5. The normalized spacial score (nSPS) is 16.0. The van der Waals surface area contributed by atoms with E-state index < -0.39 is 39.5 Å². The number of aryl methyl sites for hydroxylation is 1. The first-order valence-corrected chi connectivity index (χ1v) is 18.3. The van der Waals surface area contributed by atoms with E-state index in [0.29, 0.717) is 25.2 Å². The van der Waals surface area contributed by atoms with Gasteiger partial charge in [-0.3, -0.25) is 9.78 Å². The van der Waals surface area contributed by atoms with Crippen molar-refractivity contribution in [3.63, 3.8) is 0 Å². The fourth-order valence-corrected chi connectivity index (χ4v) is 8.04. The van der Waals surface area contributed by atoms with Crippen LogP contribution in [0, 0.1) is 18.3 Å². The molecule has 0 bridgehead atoms. The second-order valence-corrected chi connectivity index (χ2v) is 16.2. The molecule has 1 saturated heterocycles. The predicted molar refractivity (Wildman–Crippen MR) is 192 cm³/mol. The molecule has 3 atom stereocenters. The van der Waals surface area contributed by atoms with E-state index in [9.17, 15) is 23.1 Å². The Morgan fingerprint density at radius 3 is 2.30 bits per heavy atom. The lowest BCUT2D eigenvalue weighted by Crippen LogP contribution is -2.57. The third-order valence-corrected chi connectivity index (χ3v) is 10.6. The third-order valence-electron chi connectivity index (χ3n) is 8.68. The van der Waals surface area contributed by atoms with Crippen molar-refractivity contribution in [2.24, 2.45) is 16.5 Å². The van der Waals surface area contributed by atoms with Crippen molar-refractivity contribution >= 4 is 28.2 Å². The molecule has 0 spiro atoms. The highest BCUT2D eigenvalue weighted by molar-refractivity contribution is 7.89. The second kappa shape index (κ2) is 16.6. The number of carbonyl (C=O) groups excluding carboxylic acids is 2. The van der Waals surface area contributed by atoms with Crippen molar-refractivity contribution in [3.05, 3.63) is 95.3 Å². The molecule has 270 valence electrons. The fraction of sp³-hybridized carbons (Fsp3) is 0.459. The zero-order chi connectivity index (χ0) is 36.6. The monoisotopic (exact) mass is 706 g/mol. The van der Waals surface area contributed by atoms with E-state index in [0.717, 1.165) is 16.8 Å². The van der Waals surface area contributed by atoms with E-state index >= 15 is 0 Å². The predicted octanol–water partition coefficient (Wildman–Crippen LogP) is 4.29. The summed E-state index contributed by atoms with van der Waals surface area (Å²) in [5.41, 5.74) is 2.47. The number of rotatable bonds is 15. The van der Waals surface area contributed by atoms with Crippen LogP contribution in [0.1, 0.15) is 57.0 Å². The molecule has 3 aromatic rings. The summed E-state index contributed by atoms with van der Waals surface area (Å²) in [4.78, 5) is 35.2. The van der Waals surface area contributed by atoms with Crippen LogP contribution in [0.15, 0.2) is 83.0 Å². The van der Waals surface area contributed by atoms with Crippen LogP contribution in [0.25, 0.3) is 0 Å². The van der Waals surface area contributed by atoms with Crippen LogP contribution < -0.4 is 5.32 Å². The number of nitrogens with zero attached hydrogens (tertiary/aromatic N) is 5. The Balaban J connectivity index is 1.58. The summed E-state index contributed by atoms with van der Waals surface area (Å²) < 4.78 is 29.8. The van der Waals surface area contributed by atoms with Gasteiger partial charge in [0.2, 0.25) is 15.9 Å². The number of amides is 3. The van der Waals surface area contributed by atoms with Gasteiger partial charge in [0.15, 0.2) is 0 Å². The minimum Gasteiger partial charge on any atom is -0.411 e. The Hall–Kier alpha value is -4.33. The number of benzene rings is 2. The number of aromatic nitrogens is 1. The van der Waals surface area contributed by atoms with Gasteiger partial charge in [0.25, 0.3) is 0 Å². The van der Waals surface area contributed by atoms with E-state index in [1.165, 1.54) is 34.8 Å². The van der Waals surface area contributed by atoms with E-state index in [1.54, 1.807) is 16.0 Å². The summed E-state index contributed by atoms with van der Waals surface area (Å²) in [5.74, 6) is -0.516. The highest BCUT2D eigenvalue weighted by atomic mass is 32.2. The highest BCUT2D eigenvalue weighted by Gasteiger charge is 2.44. The molecule has 2 unspecified atom stereocenters. The molecule has 1 aromatic heterocycles. The van der Waals surface area contributed by atoms with Gasteiger partial charge in [0, 0.05) is 44.6 Å². The molecule has 12 nitrogen and oxygen atoms in total. The molecule has 3 amide bonds. The SMILES string of the molecule is Cc1ccc(CN2CCN([C@@H](C(=O)NCC(O)C(Cc3ccccc3)N(CC(C)C)S(=O)(=O)c3ccc(/C=N/O)cc3)C(C)(C)C)C2=O)cn1. The van der Waals surface area contributed by atoms with Crippen LogP contribution in [0.4, 0.5) is 4.79 Å². The second-order valence-electron chi connectivity index (χ2n) is 14.3. The molecule has 3 N–H and O–H groups in total. The largest absolute Gasteiger partial charge is 0.411 e. The Kier molecular flexibility index (Phi) is 12.8. The maximum atomic E-state index is 14.2.